The number of carbonyl (C=O) groups excluding carboxylic acids is 1. The average Bonchev–Trinajstić information content (AvgIpc) is 2.75. The highest BCUT2D eigenvalue weighted by Crippen LogP contribution is 2.19. The lowest BCUT2D eigenvalue weighted by Crippen LogP contribution is -2.12. The number of primary sulfonamides is 1. The molecule has 0 saturated carbocycles. The van der Waals surface area contributed by atoms with Crippen LogP contribution in [0.4, 0.5) is 5.13 Å². The summed E-state index contributed by atoms with van der Waals surface area (Å²) in [6.45, 7) is 3.77. The van der Waals surface area contributed by atoms with E-state index in [-0.39, 0.29) is 15.4 Å². The Labute approximate surface area is 119 Å². The van der Waals surface area contributed by atoms with Gasteiger partial charge in [0.05, 0.1) is 0 Å². The molecule has 1 amide bonds. The van der Waals surface area contributed by atoms with E-state index in [1.165, 1.54) is 0 Å². The zero-order valence-corrected chi connectivity index (χ0v) is 12.4. The monoisotopic (exact) mass is 312 g/mol. The highest BCUT2D eigenvalue weighted by atomic mass is 32.2. The number of aryl methyl sites for hydroxylation is 2. The summed E-state index contributed by atoms with van der Waals surface area (Å²) in [6, 6.07) is 5.40. The van der Waals surface area contributed by atoms with Crippen LogP contribution in [0, 0.1) is 13.8 Å². The van der Waals surface area contributed by atoms with Crippen LogP contribution in [0.2, 0.25) is 0 Å². The molecule has 0 spiro atoms. The van der Waals surface area contributed by atoms with E-state index in [1.807, 2.05) is 19.9 Å². The Morgan fingerprint density at radius 2 is 1.80 bits per heavy atom. The largest absolute Gasteiger partial charge is 0.296 e. The van der Waals surface area contributed by atoms with Crippen molar-refractivity contribution in [1.29, 1.82) is 0 Å². The summed E-state index contributed by atoms with van der Waals surface area (Å²) in [6.07, 6.45) is 0. The van der Waals surface area contributed by atoms with E-state index in [0.717, 1.165) is 11.1 Å². The first kappa shape index (κ1) is 14.6. The van der Waals surface area contributed by atoms with Crippen molar-refractivity contribution in [2.45, 2.75) is 18.2 Å². The van der Waals surface area contributed by atoms with Crippen LogP contribution < -0.4 is 10.5 Å². The first-order valence-corrected chi connectivity index (χ1v) is 7.88. The number of aromatic nitrogens is 2. The zero-order chi connectivity index (χ0) is 14.9. The second kappa shape index (κ2) is 5.27. The molecular formula is C11H12N4O3S2. The summed E-state index contributed by atoms with van der Waals surface area (Å²) >= 11 is 0.704. The van der Waals surface area contributed by atoms with Crippen molar-refractivity contribution in [2.75, 3.05) is 5.32 Å². The molecule has 9 heteroatoms. The van der Waals surface area contributed by atoms with E-state index in [9.17, 15) is 13.2 Å². The van der Waals surface area contributed by atoms with Crippen molar-refractivity contribution in [3.05, 3.63) is 34.9 Å². The van der Waals surface area contributed by atoms with Gasteiger partial charge in [0.1, 0.15) is 0 Å². The highest BCUT2D eigenvalue weighted by molar-refractivity contribution is 7.91. The van der Waals surface area contributed by atoms with Gasteiger partial charge in [0.25, 0.3) is 15.9 Å². The second-order valence-electron chi connectivity index (χ2n) is 4.25. The Morgan fingerprint density at radius 3 is 2.30 bits per heavy atom. The molecule has 2 rings (SSSR count). The molecule has 0 radical (unpaired) electrons. The van der Waals surface area contributed by atoms with E-state index < -0.39 is 10.0 Å². The molecule has 106 valence electrons. The van der Waals surface area contributed by atoms with Crippen LogP contribution in [0.25, 0.3) is 0 Å². The molecule has 0 aliphatic rings. The van der Waals surface area contributed by atoms with Gasteiger partial charge >= 0.3 is 0 Å². The molecule has 1 aromatic carbocycles. The number of hydrogen-bond donors (Lipinski definition) is 2. The molecule has 3 N–H and O–H groups in total. The molecule has 0 bridgehead atoms. The maximum absolute atomic E-state index is 12.0. The van der Waals surface area contributed by atoms with Crippen LogP contribution in [0.5, 0.6) is 0 Å². The van der Waals surface area contributed by atoms with Gasteiger partial charge in [-0.1, -0.05) is 28.5 Å². The molecule has 0 saturated heterocycles. The van der Waals surface area contributed by atoms with Crippen molar-refractivity contribution in [3.63, 3.8) is 0 Å². The normalized spacial score (nSPS) is 11.3. The Hall–Kier alpha value is -1.84. The molecule has 0 aliphatic carbocycles. The number of benzene rings is 1. The quantitative estimate of drug-likeness (QED) is 0.822. The van der Waals surface area contributed by atoms with Crippen LogP contribution in [0.3, 0.4) is 0 Å². The topological polar surface area (TPSA) is 115 Å². The van der Waals surface area contributed by atoms with Gasteiger partial charge in [-0.15, -0.1) is 10.2 Å². The molecular weight excluding hydrogens is 300 g/mol. The van der Waals surface area contributed by atoms with Gasteiger partial charge < -0.3 is 0 Å². The summed E-state index contributed by atoms with van der Waals surface area (Å²) in [4.78, 5) is 12.0. The van der Waals surface area contributed by atoms with Crippen molar-refractivity contribution < 1.29 is 13.2 Å². The lowest BCUT2D eigenvalue weighted by Gasteiger charge is -2.04. The van der Waals surface area contributed by atoms with Gasteiger partial charge in [-0.25, -0.2) is 13.6 Å². The number of rotatable bonds is 3. The lowest BCUT2D eigenvalue weighted by molar-refractivity contribution is 0.102. The summed E-state index contributed by atoms with van der Waals surface area (Å²) in [7, 11) is -3.90. The number of sulfonamides is 1. The zero-order valence-electron chi connectivity index (χ0n) is 10.7. The van der Waals surface area contributed by atoms with Crippen molar-refractivity contribution >= 4 is 32.4 Å². The minimum absolute atomic E-state index is 0.0817. The number of amides is 1. The van der Waals surface area contributed by atoms with Crippen molar-refractivity contribution in [2.24, 2.45) is 5.14 Å². The van der Waals surface area contributed by atoms with E-state index in [1.54, 1.807) is 12.1 Å². The van der Waals surface area contributed by atoms with Gasteiger partial charge in [0.2, 0.25) is 9.47 Å². The van der Waals surface area contributed by atoms with E-state index >= 15 is 0 Å². The van der Waals surface area contributed by atoms with Crippen molar-refractivity contribution in [1.82, 2.24) is 10.2 Å². The van der Waals surface area contributed by atoms with E-state index in [0.29, 0.717) is 16.9 Å². The number of hydrogen-bond acceptors (Lipinski definition) is 6. The number of carbonyl (C=O) groups is 1. The Balaban J connectivity index is 2.21. The molecule has 0 aliphatic heterocycles. The Morgan fingerprint density at radius 1 is 1.20 bits per heavy atom. The molecule has 1 heterocycles. The van der Waals surface area contributed by atoms with E-state index in [2.05, 4.69) is 15.5 Å². The van der Waals surface area contributed by atoms with Gasteiger partial charge in [-0.3, -0.25) is 10.1 Å². The minimum Gasteiger partial charge on any atom is -0.296 e. The van der Waals surface area contributed by atoms with Crippen LogP contribution in [0.1, 0.15) is 21.5 Å². The lowest BCUT2D eigenvalue weighted by atomic mass is 10.1. The molecule has 7 nitrogen and oxygen atoms in total. The van der Waals surface area contributed by atoms with Gasteiger partial charge in [-0.05, 0) is 26.0 Å². The average molecular weight is 312 g/mol. The standard InChI is InChI=1S/C11H12N4O3S2/c1-6-3-7(2)5-8(4-6)9(16)13-10-14-15-11(19-10)20(12,17)18/h3-5H,1-2H3,(H2,12,17,18)(H,13,14,16). The third kappa shape index (κ3) is 3.38. The number of nitrogens with zero attached hydrogens (tertiary/aromatic N) is 2. The maximum atomic E-state index is 12.0. The van der Waals surface area contributed by atoms with Crippen LogP contribution in [-0.4, -0.2) is 24.5 Å². The third-order valence-corrected chi connectivity index (χ3v) is 4.50. The highest BCUT2D eigenvalue weighted by Gasteiger charge is 2.17. The maximum Gasteiger partial charge on any atom is 0.267 e. The fourth-order valence-corrected chi connectivity index (χ4v) is 2.98. The number of nitrogens with one attached hydrogen (secondary N) is 1. The molecule has 0 fully saturated rings. The SMILES string of the molecule is Cc1cc(C)cc(C(=O)Nc2nnc(S(N)(=O)=O)s2)c1. The molecule has 2 aromatic rings. The Kier molecular flexibility index (Phi) is 3.84. The van der Waals surface area contributed by atoms with Crippen LogP contribution >= 0.6 is 11.3 Å². The van der Waals surface area contributed by atoms with Gasteiger partial charge in [0.15, 0.2) is 0 Å². The number of anilines is 1. The predicted octanol–water partition coefficient (Wildman–Crippen LogP) is 1.05. The molecule has 20 heavy (non-hydrogen) atoms. The second-order valence-corrected chi connectivity index (χ2v) is 6.96. The predicted molar refractivity (Wildman–Crippen MR) is 75.2 cm³/mol. The summed E-state index contributed by atoms with van der Waals surface area (Å²) < 4.78 is 21.8. The van der Waals surface area contributed by atoms with Gasteiger partial charge in [0, 0.05) is 5.56 Å². The fraction of sp³-hybridized carbons (Fsp3) is 0.182. The summed E-state index contributed by atoms with van der Waals surface area (Å²) in [5.74, 6) is -0.381. The van der Waals surface area contributed by atoms with E-state index in [4.69, 9.17) is 5.14 Å². The first-order chi connectivity index (χ1) is 9.25. The Bertz CT molecular complexity index is 747. The molecule has 0 atom stereocenters. The number of nitrogens with two attached hydrogens (primary N) is 1. The van der Waals surface area contributed by atoms with Crippen LogP contribution in [0.15, 0.2) is 22.5 Å². The third-order valence-electron chi connectivity index (χ3n) is 2.35. The van der Waals surface area contributed by atoms with Crippen molar-refractivity contribution in [3.8, 4) is 0 Å². The molecule has 0 unspecified atom stereocenters. The first-order valence-electron chi connectivity index (χ1n) is 5.51. The summed E-state index contributed by atoms with van der Waals surface area (Å²) in [5, 5.41) is 14.5. The smallest absolute Gasteiger partial charge is 0.267 e. The summed E-state index contributed by atoms with van der Waals surface area (Å²) in [5.41, 5.74) is 2.38. The molecule has 1 aromatic heterocycles. The fourth-order valence-electron chi connectivity index (χ4n) is 1.65. The van der Waals surface area contributed by atoms with Crippen LogP contribution in [-0.2, 0) is 10.0 Å². The minimum atomic E-state index is -3.90. The van der Waals surface area contributed by atoms with Gasteiger partial charge in [-0.2, -0.15) is 0 Å².